The molecule has 2 fully saturated rings. The molecule has 2 atom stereocenters. The summed E-state index contributed by atoms with van der Waals surface area (Å²) in [5.41, 5.74) is 1.01. The lowest BCUT2D eigenvalue weighted by atomic mass is 10.1. The van der Waals surface area contributed by atoms with Crippen LogP contribution in [0.2, 0.25) is 0 Å². The third-order valence-corrected chi connectivity index (χ3v) is 5.74. The van der Waals surface area contributed by atoms with Crippen molar-refractivity contribution in [2.75, 3.05) is 13.6 Å². The number of carboxylic acids is 1. The molecule has 2 aliphatic heterocycles. The fraction of sp³-hybridized carbons (Fsp3) is 0.294. The van der Waals surface area contributed by atoms with E-state index in [1.807, 2.05) is 0 Å². The van der Waals surface area contributed by atoms with Crippen molar-refractivity contribution in [2.45, 2.75) is 18.6 Å². The highest BCUT2D eigenvalue weighted by atomic mass is 32.2. The van der Waals surface area contributed by atoms with Crippen LogP contribution in [-0.2, 0) is 9.59 Å². The predicted octanol–water partition coefficient (Wildman–Crippen LogP) is -0.157. The SMILES string of the molecule is CN1C(=O)/C(=C\c2ccc(C(=O)N3C[C@@H](O)C[C@@H]3C(=O)[O-])cc2)SC1=S. The van der Waals surface area contributed by atoms with Crippen molar-refractivity contribution in [1.82, 2.24) is 9.80 Å². The van der Waals surface area contributed by atoms with E-state index in [-0.39, 0.29) is 18.9 Å². The van der Waals surface area contributed by atoms with Crippen LogP contribution >= 0.6 is 24.0 Å². The average Bonchev–Trinajstić information content (AvgIpc) is 3.11. The molecule has 1 aromatic carbocycles. The van der Waals surface area contributed by atoms with Gasteiger partial charge in [0.2, 0.25) is 0 Å². The minimum atomic E-state index is -1.38. The molecule has 26 heavy (non-hydrogen) atoms. The summed E-state index contributed by atoms with van der Waals surface area (Å²) < 4.78 is 0.481. The Hall–Kier alpha value is -2.23. The normalized spacial score (nSPS) is 24.6. The third-order valence-electron chi connectivity index (χ3n) is 4.25. The van der Waals surface area contributed by atoms with Gasteiger partial charge in [-0.1, -0.05) is 36.1 Å². The lowest BCUT2D eigenvalue weighted by Crippen LogP contribution is -2.47. The lowest BCUT2D eigenvalue weighted by molar-refractivity contribution is -0.310. The molecule has 0 saturated carbocycles. The number of aliphatic carboxylic acids is 1. The topological polar surface area (TPSA) is 101 Å². The number of aliphatic hydroxyl groups is 1. The molecule has 0 bridgehead atoms. The number of likely N-dealkylation sites (tertiary alicyclic amines) is 1. The van der Waals surface area contributed by atoms with Gasteiger partial charge in [-0.25, -0.2) is 0 Å². The molecule has 0 spiro atoms. The summed E-state index contributed by atoms with van der Waals surface area (Å²) in [6, 6.07) is 5.30. The maximum absolute atomic E-state index is 12.5. The van der Waals surface area contributed by atoms with E-state index >= 15 is 0 Å². The Morgan fingerprint density at radius 2 is 2.00 bits per heavy atom. The Kier molecular flexibility index (Phi) is 5.12. The summed E-state index contributed by atoms with van der Waals surface area (Å²) in [5, 5.41) is 20.8. The fourth-order valence-corrected chi connectivity index (χ4v) is 4.03. The number of thioether (sulfide) groups is 1. The van der Waals surface area contributed by atoms with E-state index in [4.69, 9.17) is 12.2 Å². The van der Waals surface area contributed by atoms with Crippen molar-refractivity contribution in [3.05, 3.63) is 40.3 Å². The van der Waals surface area contributed by atoms with Gasteiger partial charge in [-0.3, -0.25) is 14.5 Å². The second-order valence-electron chi connectivity index (χ2n) is 6.04. The Labute approximate surface area is 159 Å². The largest absolute Gasteiger partial charge is 0.548 e. The summed E-state index contributed by atoms with van der Waals surface area (Å²) in [6.07, 6.45) is 0.767. The third kappa shape index (κ3) is 3.50. The minimum Gasteiger partial charge on any atom is -0.548 e. The number of rotatable bonds is 3. The van der Waals surface area contributed by atoms with Gasteiger partial charge in [-0.15, -0.1) is 0 Å². The highest BCUT2D eigenvalue weighted by Gasteiger charge is 2.35. The van der Waals surface area contributed by atoms with Gasteiger partial charge in [0.25, 0.3) is 11.8 Å². The summed E-state index contributed by atoms with van der Waals surface area (Å²) >= 11 is 6.28. The molecule has 2 heterocycles. The first-order valence-corrected chi connectivity index (χ1v) is 9.02. The number of thiocarbonyl (C=S) groups is 1. The second-order valence-corrected chi connectivity index (χ2v) is 7.72. The standard InChI is InChI=1S/C17H16N2O5S2/c1-18-15(22)13(26-17(18)25)6-9-2-4-10(5-3-9)14(21)19-8-11(20)7-12(19)16(23)24/h2-6,11-12,20H,7-8H2,1H3,(H,23,24)/p-1/b13-6+/t11-,12+/m0/s1. The second kappa shape index (κ2) is 7.18. The van der Waals surface area contributed by atoms with E-state index in [0.717, 1.165) is 4.90 Å². The highest BCUT2D eigenvalue weighted by Crippen LogP contribution is 2.31. The Bertz CT molecular complexity index is 821. The number of hydrogen-bond acceptors (Lipinski definition) is 7. The zero-order valence-electron chi connectivity index (χ0n) is 13.7. The first kappa shape index (κ1) is 18.6. The maximum atomic E-state index is 12.5. The number of benzene rings is 1. The van der Waals surface area contributed by atoms with Gasteiger partial charge >= 0.3 is 0 Å². The highest BCUT2D eigenvalue weighted by molar-refractivity contribution is 8.26. The van der Waals surface area contributed by atoms with Crippen molar-refractivity contribution in [3.63, 3.8) is 0 Å². The first-order valence-electron chi connectivity index (χ1n) is 7.79. The monoisotopic (exact) mass is 391 g/mol. The Morgan fingerprint density at radius 1 is 1.35 bits per heavy atom. The zero-order valence-corrected chi connectivity index (χ0v) is 15.4. The number of β-amino-alcohol motifs (C(OH)–C–C–N with tert-alkyl or cyclic N) is 1. The Balaban J connectivity index is 1.78. The molecule has 3 rings (SSSR count). The van der Waals surface area contributed by atoms with Crippen molar-refractivity contribution in [2.24, 2.45) is 0 Å². The number of carboxylic acid groups (broad SMARTS) is 1. The van der Waals surface area contributed by atoms with Gasteiger partial charge in [-0.2, -0.15) is 0 Å². The molecule has 0 aromatic heterocycles. The van der Waals surface area contributed by atoms with Crippen molar-refractivity contribution in [1.29, 1.82) is 0 Å². The molecular weight excluding hydrogens is 376 g/mol. The van der Waals surface area contributed by atoms with Gasteiger partial charge < -0.3 is 19.9 Å². The fourth-order valence-electron chi connectivity index (χ4n) is 2.85. The molecule has 1 N–H and O–H groups in total. The van der Waals surface area contributed by atoms with E-state index in [1.165, 1.54) is 16.7 Å². The average molecular weight is 391 g/mol. The molecule has 0 aliphatic carbocycles. The van der Waals surface area contributed by atoms with Crippen molar-refractivity contribution in [3.8, 4) is 0 Å². The molecule has 9 heteroatoms. The molecule has 7 nitrogen and oxygen atoms in total. The zero-order chi connectivity index (χ0) is 19.0. The van der Waals surface area contributed by atoms with Gasteiger partial charge in [0.15, 0.2) is 0 Å². The van der Waals surface area contributed by atoms with E-state index < -0.39 is 24.0 Å². The van der Waals surface area contributed by atoms with Crippen LogP contribution in [0.25, 0.3) is 6.08 Å². The summed E-state index contributed by atoms with van der Waals surface area (Å²) in [4.78, 5) is 38.7. The van der Waals surface area contributed by atoms with Crippen LogP contribution in [0.3, 0.4) is 0 Å². The molecule has 0 unspecified atom stereocenters. The van der Waals surface area contributed by atoms with Crippen LogP contribution in [0.15, 0.2) is 29.2 Å². The molecule has 2 aliphatic rings. The van der Waals surface area contributed by atoms with E-state index in [2.05, 4.69) is 0 Å². The molecule has 2 amide bonds. The van der Waals surface area contributed by atoms with Gasteiger partial charge in [-0.05, 0) is 23.8 Å². The van der Waals surface area contributed by atoms with Gasteiger partial charge in [0.1, 0.15) is 4.32 Å². The van der Waals surface area contributed by atoms with Gasteiger partial charge in [0.05, 0.1) is 23.0 Å². The minimum absolute atomic E-state index is 0.0367. The molecule has 2 saturated heterocycles. The molecular formula is C17H15N2O5S2-. The number of hydrogen-bond donors (Lipinski definition) is 1. The number of aliphatic hydroxyl groups excluding tert-OH is 1. The van der Waals surface area contributed by atoms with E-state index in [1.54, 1.807) is 37.4 Å². The van der Waals surface area contributed by atoms with Crippen molar-refractivity contribution >= 4 is 52.2 Å². The number of nitrogens with zero attached hydrogens (tertiary/aromatic N) is 2. The number of amides is 2. The summed E-state index contributed by atoms with van der Waals surface area (Å²) in [7, 11) is 1.61. The molecule has 136 valence electrons. The number of carbonyl (C=O) groups is 3. The smallest absolute Gasteiger partial charge is 0.265 e. The van der Waals surface area contributed by atoms with Crippen LogP contribution in [0.4, 0.5) is 0 Å². The summed E-state index contributed by atoms with van der Waals surface area (Å²) in [5.74, 6) is -2.04. The quantitative estimate of drug-likeness (QED) is 0.564. The van der Waals surface area contributed by atoms with Gasteiger partial charge in [0, 0.05) is 25.6 Å². The Morgan fingerprint density at radius 3 is 2.54 bits per heavy atom. The summed E-state index contributed by atoms with van der Waals surface area (Å²) in [6.45, 7) is -0.0434. The number of carbonyl (C=O) groups excluding carboxylic acids is 3. The maximum Gasteiger partial charge on any atom is 0.265 e. The van der Waals surface area contributed by atoms with E-state index in [9.17, 15) is 24.6 Å². The number of likely N-dealkylation sites (N-methyl/N-ethyl adjacent to an activating group) is 1. The van der Waals surface area contributed by atoms with Crippen LogP contribution < -0.4 is 5.11 Å². The van der Waals surface area contributed by atoms with Crippen LogP contribution in [-0.4, -0.2) is 62.7 Å². The van der Waals surface area contributed by atoms with Crippen molar-refractivity contribution < 1.29 is 24.6 Å². The van der Waals surface area contributed by atoms with E-state index in [0.29, 0.717) is 20.4 Å². The van der Waals surface area contributed by atoms with Crippen LogP contribution in [0, 0.1) is 0 Å². The molecule has 1 aromatic rings. The first-order chi connectivity index (χ1) is 12.3. The lowest BCUT2D eigenvalue weighted by Gasteiger charge is -2.25. The van der Waals surface area contributed by atoms with Crippen LogP contribution in [0.1, 0.15) is 22.3 Å². The van der Waals surface area contributed by atoms with Crippen LogP contribution in [0.5, 0.6) is 0 Å². The molecule has 0 radical (unpaired) electrons. The predicted molar refractivity (Wildman–Crippen MR) is 97.8 cm³/mol.